The minimum atomic E-state index is -1.40. The number of fused-ring (bicyclic) bond motifs is 7. The Morgan fingerprint density at radius 1 is 0.932 bits per heavy atom. The van der Waals surface area contributed by atoms with Gasteiger partial charge in [-0.1, -0.05) is 48.6 Å². The first-order valence-corrected chi connectivity index (χ1v) is 15.0. The summed E-state index contributed by atoms with van der Waals surface area (Å²) in [6.45, 7) is 0.0566. The molecule has 0 aromatic heterocycles. The van der Waals surface area contributed by atoms with Crippen molar-refractivity contribution >= 4 is 50.9 Å². The van der Waals surface area contributed by atoms with E-state index in [0.717, 1.165) is 11.3 Å². The lowest BCUT2D eigenvalue weighted by atomic mass is 9.64. The molecule has 4 aliphatic heterocycles. The Labute approximate surface area is 261 Å². The predicted octanol–water partition coefficient (Wildman–Crippen LogP) is 6.04. The normalized spacial score (nSPS) is 23.6. The number of anilines is 2. The van der Waals surface area contributed by atoms with Crippen molar-refractivity contribution in [2.45, 2.75) is 17.5 Å². The molecule has 218 valence electrons. The molecule has 4 aliphatic rings. The van der Waals surface area contributed by atoms with Gasteiger partial charge in [-0.25, -0.2) is 0 Å². The highest BCUT2D eigenvalue weighted by atomic mass is 79.9. The van der Waals surface area contributed by atoms with E-state index in [0.29, 0.717) is 44.1 Å². The highest BCUT2D eigenvalue weighted by molar-refractivity contribution is 9.10. The lowest BCUT2D eigenvalue weighted by Crippen LogP contribution is -2.51. The predicted molar refractivity (Wildman–Crippen MR) is 168 cm³/mol. The van der Waals surface area contributed by atoms with Gasteiger partial charge in [-0.2, -0.15) is 0 Å². The van der Waals surface area contributed by atoms with E-state index in [9.17, 15) is 9.59 Å². The molecule has 1 saturated heterocycles. The highest BCUT2D eigenvalue weighted by Gasteiger charge is 2.70. The van der Waals surface area contributed by atoms with Crippen molar-refractivity contribution in [2.75, 3.05) is 24.1 Å². The summed E-state index contributed by atoms with van der Waals surface area (Å²) in [5.74, 6) is -0.465. The Kier molecular flexibility index (Phi) is 5.96. The summed E-state index contributed by atoms with van der Waals surface area (Å²) < 4.78 is 17.1. The van der Waals surface area contributed by atoms with Crippen molar-refractivity contribution < 1.29 is 28.6 Å². The van der Waals surface area contributed by atoms with Gasteiger partial charge in [0.15, 0.2) is 23.1 Å². The first-order chi connectivity index (χ1) is 21.4. The Hall–Kier alpha value is -4.89. The SMILES string of the molecule is COc1ccc(C(=O)[C@@H]2[C@H](C(=O)c3ccc4c(c3)OCO4)[C@]3(C(=O)Nc4ccccc43)[C@H]3C=Cc4ccccc4N23)cc1Br. The molecule has 0 saturated carbocycles. The molecule has 0 unspecified atom stereocenters. The summed E-state index contributed by atoms with van der Waals surface area (Å²) >= 11 is 3.52. The van der Waals surface area contributed by atoms with Gasteiger partial charge in [-0.05, 0) is 75.6 Å². The Morgan fingerprint density at radius 2 is 1.68 bits per heavy atom. The second-order valence-corrected chi connectivity index (χ2v) is 12.1. The van der Waals surface area contributed by atoms with E-state index in [1.54, 1.807) is 43.5 Å². The first kappa shape index (κ1) is 26.7. The van der Waals surface area contributed by atoms with Gasteiger partial charge in [-0.3, -0.25) is 14.4 Å². The number of hydrogen-bond acceptors (Lipinski definition) is 7. The molecule has 4 heterocycles. The van der Waals surface area contributed by atoms with E-state index in [-0.39, 0.29) is 24.3 Å². The molecule has 4 aromatic rings. The van der Waals surface area contributed by atoms with Gasteiger partial charge < -0.3 is 24.4 Å². The molecule has 4 atom stereocenters. The zero-order valence-corrected chi connectivity index (χ0v) is 25.0. The number of nitrogens with one attached hydrogen (secondary N) is 1. The molecule has 8 nitrogen and oxygen atoms in total. The smallest absolute Gasteiger partial charge is 0.238 e. The number of benzene rings is 4. The van der Waals surface area contributed by atoms with Crippen LogP contribution in [0.5, 0.6) is 17.2 Å². The largest absolute Gasteiger partial charge is 0.496 e. The number of rotatable bonds is 5. The highest BCUT2D eigenvalue weighted by Crippen LogP contribution is 2.58. The third kappa shape index (κ3) is 3.59. The average Bonchev–Trinajstić information content (AvgIpc) is 3.73. The van der Waals surface area contributed by atoms with Gasteiger partial charge >= 0.3 is 0 Å². The standard InChI is InChI=1S/C35H25BrN2O6/c1-42-26-13-10-20(16-23(26)36)33(40)31-30(32(39)21-11-14-27-28(17-21)44-18-43-27)35(22-7-3-4-8-24(22)37-34(35)41)29-15-12-19-6-2-5-9-25(19)38(29)31/h2-17,29-31H,18H2,1H3,(H,37,41)/t29-,30-,31+,35-/m1/s1. The van der Waals surface area contributed by atoms with Crippen LogP contribution in [0.1, 0.15) is 31.8 Å². The first-order valence-electron chi connectivity index (χ1n) is 14.2. The van der Waals surface area contributed by atoms with Crippen LogP contribution in [0.15, 0.2) is 95.5 Å². The van der Waals surface area contributed by atoms with Crippen LogP contribution in [0.25, 0.3) is 6.08 Å². The number of ketones is 2. The van der Waals surface area contributed by atoms with Gasteiger partial charge in [0.05, 0.1) is 23.5 Å². The fourth-order valence-electron chi connectivity index (χ4n) is 7.34. The molecule has 9 heteroatoms. The summed E-state index contributed by atoms with van der Waals surface area (Å²) in [5, 5.41) is 3.06. The third-order valence-corrected chi connectivity index (χ3v) is 9.81. The minimum absolute atomic E-state index is 0.0566. The Bertz CT molecular complexity index is 1940. The second kappa shape index (κ2) is 9.82. The maximum absolute atomic E-state index is 15.0. The lowest BCUT2D eigenvalue weighted by molar-refractivity contribution is -0.121. The molecule has 1 N–H and O–H groups in total. The minimum Gasteiger partial charge on any atom is -0.496 e. The average molecular weight is 649 g/mol. The molecule has 8 rings (SSSR count). The topological polar surface area (TPSA) is 94.2 Å². The van der Waals surface area contributed by atoms with Gasteiger partial charge in [0.1, 0.15) is 17.2 Å². The van der Waals surface area contributed by atoms with Gasteiger partial charge in [0.25, 0.3) is 0 Å². The number of methoxy groups -OCH3 is 1. The van der Waals surface area contributed by atoms with Gasteiger partial charge in [0.2, 0.25) is 12.7 Å². The number of carbonyl (C=O) groups is 3. The van der Waals surface area contributed by atoms with E-state index in [1.807, 2.05) is 65.6 Å². The molecule has 1 amide bonds. The lowest BCUT2D eigenvalue weighted by Gasteiger charge is -2.37. The van der Waals surface area contributed by atoms with Crippen molar-refractivity contribution in [2.24, 2.45) is 5.92 Å². The zero-order valence-electron chi connectivity index (χ0n) is 23.5. The van der Waals surface area contributed by atoms with Crippen molar-refractivity contribution in [3.05, 3.63) is 118 Å². The van der Waals surface area contributed by atoms with Crippen LogP contribution in [0, 0.1) is 5.92 Å². The number of ether oxygens (including phenoxy) is 3. The van der Waals surface area contributed by atoms with E-state index in [1.165, 1.54) is 0 Å². The number of amides is 1. The molecule has 44 heavy (non-hydrogen) atoms. The quantitative estimate of drug-likeness (QED) is 0.264. The number of carbonyl (C=O) groups excluding carboxylic acids is 3. The van der Waals surface area contributed by atoms with Crippen molar-refractivity contribution in [1.29, 1.82) is 0 Å². The number of halogens is 1. The number of hydrogen-bond donors (Lipinski definition) is 1. The van der Waals surface area contributed by atoms with E-state index in [4.69, 9.17) is 14.2 Å². The van der Waals surface area contributed by atoms with Gasteiger partial charge in [-0.15, -0.1) is 0 Å². The third-order valence-electron chi connectivity index (χ3n) is 9.19. The Morgan fingerprint density at radius 3 is 2.52 bits per heavy atom. The van der Waals surface area contributed by atoms with E-state index >= 15 is 4.79 Å². The fraction of sp³-hybridized carbons (Fsp3) is 0.171. The van der Waals surface area contributed by atoms with Crippen molar-refractivity contribution in [3.8, 4) is 17.2 Å². The molecular formula is C35H25BrN2O6. The van der Waals surface area contributed by atoms with Crippen LogP contribution in [-0.2, 0) is 10.2 Å². The molecule has 0 bridgehead atoms. The van der Waals surface area contributed by atoms with Crippen molar-refractivity contribution in [3.63, 3.8) is 0 Å². The van der Waals surface area contributed by atoms with Crippen LogP contribution >= 0.6 is 15.9 Å². The monoisotopic (exact) mass is 648 g/mol. The van der Waals surface area contributed by atoms with Gasteiger partial charge in [0, 0.05) is 22.5 Å². The molecule has 0 radical (unpaired) electrons. The molecular weight excluding hydrogens is 624 g/mol. The number of Topliss-reactive ketones (excluding diaryl/α,β-unsaturated/α-hetero) is 2. The molecule has 1 fully saturated rings. The van der Waals surface area contributed by atoms with Crippen LogP contribution in [0.2, 0.25) is 0 Å². The molecule has 4 aromatic carbocycles. The summed E-state index contributed by atoms with van der Waals surface area (Å²) in [4.78, 5) is 46.4. The number of nitrogens with zero attached hydrogens (tertiary/aromatic N) is 1. The van der Waals surface area contributed by atoms with E-state index in [2.05, 4.69) is 21.2 Å². The summed E-state index contributed by atoms with van der Waals surface area (Å²) in [7, 11) is 1.56. The Balaban J connectivity index is 1.40. The summed E-state index contributed by atoms with van der Waals surface area (Å²) in [5.41, 5.74) is 2.32. The van der Waals surface area contributed by atoms with Crippen LogP contribution < -0.4 is 24.4 Å². The zero-order chi connectivity index (χ0) is 30.2. The molecule has 0 aliphatic carbocycles. The maximum atomic E-state index is 15.0. The molecule has 1 spiro atoms. The van der Waals surface area contributed by atoms with Crippen LogP contribution in [-0.4, -0.2) is 43.5 Å². The van der Waals surface area contributed by atoms with E-state index < -0.39 is 23.4 Å². The van der Waals surface area contributed by atoms with Crippen LogP contribution in [0.4, 0.5) is 11.4 Å². The second-order valence-electron chi connectivity index (χ2n) is 11.2. The fourth-order valence-corrected chi connectivity index (χ4v) is 7.88. The van der Waals surface area contributed by atoms with Crippen LogP contribution in [0.3, 0.4) is 0 Å². The summed E-state index contributed by atoms with van der Waals surface area (Å²) in [6.07, 6.45) is 3.94. The number of para-hydroxylation sites is 2. The maximum Gasteiger partial charge on any atom is 0.238 e. The van der Waals surface area contributed by atoms with Crippen molar-refractivity contribution in [1.82, 2.24) is 0 Å². The summed E-state index contributed by atoms with van der Waals surface area (Å²) in [6, 6.07) is 23.7.